The highest BCUT2D eigenvalue weighted by atomic mass is 35.5. The Kier molecular flexibility index (Phi) is 5.21. The fourth-order valence-electron chi connectivity index (χ4n) is 3.07. The van der Waals surface area contributed by atoms with Crippen molar-refractivity contribution in [2.24, 2.45) is 13.0 Å². The van der Waals surface area contributed by atoms with Crippen LogP contribution in [0.3, 0.4) is 0 Å². The number of halogens is 1. The number of hydrogen-bond donors (Lipinski definition) is 0. The van der Waals surface area contributed by atoms with Gasteiger partial charge < -0.3 is 9.64 Å². The Morgan fingerprint density at radius 2 is 2.33 bits per heavy atom. The van der Waals surface area contributed by atoms with Gasteiger partial charge in [0.05, 0.1) is 19.3 Å². The van der Waals surface area contributed by atoms with E-state index in [-0.39, 0.29) is 17.9 Å². The van der Waals surface area contributed by atoms with E-state index < -0.39 is 0 Å². The zero-order chi connectivity index (χ0) is 17.1. The highest BCUT2D eigenvalue weighted by Crippen LogP contribution is 2.23. The Balaban J connectivity index is 1.63. The second-order valence-corrected chi connectivity index (χ2v) is 6.76. The van der Waals surface area contributed by atoms with Gasteiger partial charge in [-0.2, -0.15) is 5.10 Å². The van der Waals surface area contributed by atoms with E-state index in [1.807, 2.05) is 49.3 Å². The number of morpholine rings is 1. The van der Waals surface area contributed by atoms with Gasteiger partial charge in [-0.3, -0.25) is 9.48 Å². The number of hydrogen-bond acceptors (Lipinski definition) is 3. The number of aromatic nitrogens is 2. The molecular weight excluding hydrogens is 326 g/mol. The molecule has 1 aliphatic heterocycles. The SMILES string of the molecule is C[C@H](Cc1cccc(Cl)c1)C(=O)N1CCO[C@H](c2cnn(C)c2)C1. The minimum atomic E-state index is -0.102. The number of carbonyl (C=O) groups excluding carboxylic acids is 1. The van der Waals surface area contributed by atoms with Gasteiger partial charge in [-0.15, -0.1) is 0 Å². The zero-order valence-electron chi connectivity index (χ0n) is 14.0. The summed E-state index contributed by atoms with van der Waals surface area (Å²) in [4.78, 5) is 14.7. The maximum atomic E-state index is 12.8. The molecule has 0 unspecified atom stereocenters. The van der Waals surface area contributed by atoms with E-state index in [0.29, 0.717) is 31.1 Å². The van der Waals surface area contributed by atoms with Crippen LogP contribution in [0.4, 0.5) is 0 Å². The molecule has 5 nitrogen and oxygen atoms in total. The zero-order valence-corrected chi connectivity index (χ0v) is 14.7. The van der Waals surface area contributed by atoms with E-state index >= 15 is 0 Å². The van der Waals surface area contributed by atoms with E-state index in [0.717, 1.165) is 11.1 Å². The molecule has 128 valence electrons. The molecule has 0 spiro atoms. The van der Waals surface area contributed by atoms with Crippen LogP contribution in [-0.4, -0.2) is 40.3 Å². The lowest BCUT2D eigenvalue weighted by Crippen LogP contribution is -2.44. The minimum absolute atomic E-state index is 0.0869. The quantitative estimate of drug-likeness (QED) is 0.854. The summed E-state index contributed by atoms with van der Waals surface area (Å²) < 4.78 is 7.56. The Bertz CT molecular complexity index is 716. The third-order valence-electron chi connectivity index (χ3n) is 4.33. The predicted octanol–water partition coefficient (Wildman–Crippen LogP) is 2.85. The molecule has 1 amide bonds. The average molecular weight is 348 g/mol. The molecule has 1 aromatic heterocycles. The molecule has 3 rings (SSSR count). The van der Waals surface area contributed by atoms with Crippen LogP contribution in [0.15, 0.2) is 36.7 Å². The normalized spacial score (nSPS) is 19.3. The lowest BCUT2D eigenvalue weighted by atomic mass is 9.99. The predicted molar refractivity (Wildman–Crippen MR) is 92.8 cm³/mol. The van der Waals surface area contributed by atoms with E-state index in [2.05, 4.69) is 5.10 Å². The number of nitrogens with zero attached hydrogens (tertiary/aromatic N) is 3. The van der Waals surface area contributed by atoms with Crippen molar-refractivity contribution in [1.82, 2.24) is 14.7 Å². The lowest BCUT2D eigenvalue weighted by Gasteiger charge is -2.34. The Morgan fingerprint density at radius 3 is 3.04 bits per heavy atom. The number of carbonyl (C=O) groups is 1. The molecule has 0 N–H and O–H groups in total. The van der Waals surface area contributed by atoms with E-state index in [9.17, 15) is 4.79 Å². The van der Waals surface area contributed by atoms with Crippen molar-refractivity contribution >= 4 is 17.5 Å². The van der Waals surface area contributed by atoms with Crippen LogP contribution >= 0.6 is 11.6 Å². The Labute approximate surface area is 147 Å². The lowest BCUT2D eigenvalue weighted by molar-refractivity contribution is -0.142. The molecule has 0 bridgehead atoms. The van der Waals surface area contributed by atoms with Gasteiger partial charge in [0.15, 0.2) is 0 Å². The van der Waals surface area contributed by atoms with E-state index in [4.69, 9.17) is 16.3 Å². The van der Waals surface area contributed by atoms with Gasteiger partial charge in [0.1, 0.15) is 6.10 Å². The van der Waals surface area contributed by atoms with Crippen molar-refractivity contribution in [3.05, 3.63) is 52.8 Å². The molecule has 0 saturated carbocycles. The van der Waals surface area contributed by atoms with Gasteiger partial charge in [0, 0.05) is 36.3 Å². The van der Waals surface area contributed by atoms with Crippen molar-refractivity contribution in [3.63, 3.8) is 0 Å². The van der Waals surface area contributed by atoms with Gasteiger partial charge in [0.2, 0.25) is 5.91 Å². The molecule has 1 fully saturated rings. The van der Waals surface area contributed by atoms with Gasteiger partial charge in [-0.25, -0.2) is 0 Å². The first-order chi connectivity index (χ1) is 11.5. The highest BCUT2D eigenvalue weighted by Gasteiger charge is 2.28. The number of aryl methyl sites for hydroxylation is 1. The Hall–Kier alpha value is -1.85. The van der Waals surface area contributed by atoms with Crippen molar-refractivity contribution in [2.45, 2.75) is 19.4 Å². The second-order valence-electron chi connectivity index (χ2n) is 6.33. The van der Waals surface area contributed by atoms with Crippen LogP contribution in [0.2, 0.25) is 5.02 Å². The summed E-state index contributed by atoms with van der Waals surface area (Å²) in [7, 11) is 1.88. The molecular formula is C18H22ClN3O2. The van der Waals surface area contributed by atoms with E-state index in [1.54, 1.807) is 10.9 Å². The van der Waals surface area contributed by atoms with Crippen LogP contribution < -0.4 is 0 Å². The topological polar surface area (TPSA) is 47.4 Å². The fourth-order valence-corrected chi connectivity index (χ4v) is 3.29. The molecule has 1 aliphatic rings. The van der Waals surface area contributed by atoms with Gasteiger partial charge >= 0.3 is 0 Å². The summed E-state index contributed by atoms with van der Waals surface area (Å²) >= 11 is 6.03. The summed E-state index contributed by atoms with van der Waals surface area (Å²) in [5.74, 6) is 0.0725. The first-order valence-electron chi connectivity index (χ1n) is 8.16. The number of rotatable bonds is 4. The molecule has 2 heterocycles. The van der Waals surface area contributed by atoms with Crippen molar-refractivity contribution in [3.8, 4) is 0 Å². The molecule has 0 radical (unpaired) electrons. The Morgan fingerprint density at radius 1 is 1.50 bits per heavy atom. The maximum absolute atomic E-state index is 12.8. The maximum Gasteiger partial charge on any atom is 0.225 e. The fraction of sp³-hybridized carbons (Fsp3) is 0.444. The molecule has 6 heteroatoms. The summed E-state index contributed by atoms with van der Waals surface area (Å²) in [6.07, 6.45) is 4.32. The monoisotopic (exact) mass is 347 g/mol. The van der Waals surface area contributed by atoms with Gasteiger partial charge in [0.25, 0.3) is 0 Å². The average Bonchev–Trinajstić information content (AvgIpc) is 3.01. The van der Waals surface area contributed by atoms with Gasteiger partial charge in [-0.1, -0.05) is 30.7 Å². The van der Waals surface area contributed by atoms with Crippen LogP contribution in [0.1, 0.15) is 24.2 Å². The number of ether oxygens (including phenoxy) is 1. The van der Waals surface area contributed by atoms with Crippen LogP contribution in [-0.2, 0) is 23.0 Å². The summed E-state index contributed by atoms with van der Waals surface area (Å²) in [5, 5.41) is 4.89. The summed E-state index contributed by atoms with van der Waals surface area (Å²) in [5.41, 5.74) is 2.10. The molecule has 0 aliphatic carbocycles. The van der Waals surface area contributed by atoms with Crippen molar-refractivity contribution in [1.29, 1.82) is 0 Å². The largest absolute Gasteiger partial charge is 0.370 e. The highest BCUT2D eigenvalue weighted by molar-refractivity contribution is 6.30. The van der Waals surface area contributed by atoms with Crippen LogP contribution in [0.25, 0.3) is 0 Å². The van der Waals surface area contributed by atoms with Crippen molar-refractivity contribution < 1.29 is 9.53 Å². The van der Waals surface area contributed by atoms with E-state index in [1.165, 1.54) is 0 Å². The number of amides is 1. The van der Waals surface area contributed by atoms with Crippen molar-refractivity contribution in [2.75, 3.05) is 19.7 Å². The molecule has 1 saturated heterocycles. The minimum Gasteiger partial charge on any atom is -0.370 e. The number of benzene rings is 1. The van der Waals surface area contributed by atoms with Gasteiger partial charge in [-0.05, 0) is 24.1 Å². The van der Waals surface area contributed by atoms with Crippen LogP contribution in [0, 0.1) is 5.92 Å². The standard InChI is InChI=1S/C18H22ClN3O2/c1-13(8-14-4-3-5-16(19)9-14)18(23)22-6-7-24-17(12-22)15-10-20-21(2)11-15/h3-5,9-11,13,17H,6-8,12H2,1-2H3/t13-,17+/m1/s1. The molecule has 1 aromatic carbocycles. The first kappa shape index (κ1) is 17.0. The molecule has 24 heavy (non-hydrogen) atoms. The first-order valence-corrected chi connectivity index (χ1v) is 8.54. The molecule has 2 aromatic rings. The smallest absolute Gasteiger partial charge is 0.225 e. The molecule has 2 atom stereocenters. The third kappa shape index (κ3) is 3.97. The third-order valence-corrected chi connectivity index (χ3v) is 4.56. The summed E-state index contributed by atoms with van der Waals surface area (Å²) in [6, 6.07) is 7.69. The van der Waals surface area contributed by atoms with Crippen LogP contribution in [0.5, 0.6) is 0 Å². The summed E-state index contributed by atoms with van der Waals surface area (Å²) in [6.45, 7) is 3.73. The second kappa shape index (κ2) is 7.36.